The van der Waals surface area contributed by atoms with Crippen LogP contribution in [0.4, 0.5) is 0 Å². The van der Waals surface area contributed by atoms with E-state index < -0.39 is 78.5 Å². The highest BCUT2D eigenvalue weighted by molar-refractivity contribution is 7.80. The summed E-state index contributed by atoms with van der Waals surface area (Å²) in [7, 11) is -5.12. The Hall–Kier alpha value is -1.20. The lowest BCUT2D eigenvalue weighted by molar-refractivity contribution is -0.298. The molecule has 0 aliphatic carbocycles. The van der Waals surface area contributed by atoms with Gasteiger partial charge in [0.25, 0.3) is 0 Å². The summed E-state index contributed by atoms with van der Waals surface area (Å²) in [6.07, 6.45) is 31.4. The van der Waals surface area contributed by atoms with Crippen LogP contribution in [0.3, 0.4) is 0 Å². The van der Waals surface area contributed by atoms with Gasteiger partial charge in [-0.1, -0.05) is 219 Å². The van der Waals surface area contributed by atoms with E-state index in [0.717, 1.165) is 38.5 Å². The monoisotopic (exact) mass is 908 g/mol. The Morgan fingerprint density at radius 1 is 0.645 bits per heavy atom. The van der Waals surface area contributed by atoms with Crippen LogP contribution in [0.15, 0.2) is 12.2 Å². The molecule has 0 saturated carbocycles. The van der Waals surface area contributed by atoms with Crippen molar-refractivity contribution < 1.29 is 57.0 Å². The molecule has 7 N–H and O–H groups in total. The van der Waals surface area contributed by atoms with Crippen LogP contribution in [0, 0.1) is 0 Å². The fourth-order valence-electron chi connectivity index (χ4n) is 8.17. The molecule has 0 radical (unpaired) electrons. The van der Waals surface area contributed by atoms with Crippen LogP contribution in [-0.2, 0) is 28.9 Å². The zero-order valence-corrected chi connectivity index (χ0v) is 39.9. The number of nitrogens with one attached hydrogen (secondary N) is 1. The maximum Gasteiger partial charge on any atom is 0.397 e. The van der Waals surface area contributed by atoms with E-state index in [-0.39, 0.29) is 6.42 Å². The smallest absolute Gasteiger partial charge is 0.394 e. The van der Waals surface area contributed by atoms with Crippen molar-refractivity contribution in [2.45, 2.75) is 275 Å². The zero-order chi connectivity index (χ0) is 45.7. The number of allylic oxidation sites excluding steroid dienone is 1. The molecule has 13 nitrogen and oxygen atoms in total. The molecule has 1 saturated heterocycles. The minimum absolute atomic E-state index is 0.248. The molecule has 1 fully saturated rings. The van der Waals surface area contributed by atoms with Crippen LogP contribution in [0.1, 0.15) is 226 Å². The third kappa shape index (κ3) is 30.8. The zero-order valence-electron chi connectivity index (χ0n) is 39.1. The fraction of sp³-hybridized carbons (Fsp3) is 0.938. The van der Waals surface area contributed by atoms with Crippen LogP contribution >= 0.6 is 0 Å². The van der Waals surface area contributed by atoms with E-state index in [1.54, 1.807) is 6.08 Å². The van der Waals surface area contributed by atoms with Gasteiger partial charge in [0.2, 0.25) is 5.91 Å². The molecule has 14 heteroatoms. The first kappa shape index (κ1) is 58.8. The predicted molar refractivity (Wildman–Crippen MR) is 247 cm³/mol. The predicted octanol–water partition coefficient (Wildman–Crippen LogP) is 9.31. The van der Waals surface area contributed by atoms with Crippen molar-refractivity contribution in [2.24, 2.45) is 0 Å². The lowest BCUT2D eigenvalue weighted by Crippen LogP contribution is -2.61. The molecule has 1 heterocycles. The van der Waals surface area contributed by atoms with Crippen molar-refractivity contribution in [3.05, 3.63) is 12.2 Å². The van der Waals surface area contributed by atoms with Crippen molar-refractivity contribution >= 4 is 16.3 Å². The Labute approximate surface area is 377 Å². The first-order valence-corrected chi connectivity index (χ1v) is 26.5. The molecule has 8 unspecified atom stereocenters. The first-order chi connectivity index (χ1) is 29.9. The third-order valence-corrected chi connectivity index (χ3v) is 12.6. The molecular weight excluding hydrogens is 815 g/mol. The molecule has 368 valence electrons. The summed E-state index contributed by atoms with van der Waals surface area (Å²) in [5.41, 5.74) is 0. The van der Waals surface area contributed by atoms with Gasteiger partial charge in [0.1, 0.15) is 30.5 Å². The molecular formula is C48H93NO12S. The summed E-state index contributed by atoms with van der Waals surface area (Å²) in [6.45, 7) is 3.24. The third-order valence-electron chi connectivity index (χ3n) is 12.2. The Kier molecular flexibility index (Phi) is 37.0. The second kappa shape index (κ2) is 39.0. The van der Waals surface area contributed by atoms with Crippen LogP contribution in [0.2, 0.25) is 0 Å². The fourth-order valence-corrected chi connectivity index (χ4v) is 8.68. The molecule has 1 aliphatic rings. The van der Waals surface area contributed by atoms with Gasteiger partial charge in [0, 0.05) is 0 Å². The summed E-state index contributed by atoms with van der Waals surface area (Å²) < 4.78 is 47.6. The van der Waals surface area contributed by atoms with Gasteiger partial charge >= 0.3 is 10.4 Å². The number of aliphatic hydroxyl groups is 5. The second-order valence-electron chi connectivity index (χ2n) is 17.9. The SMILES string of the molecule is CCCCCCCCCCCCCC/C=C/C(O)C(COC1OC(CO)C(O)C(OS(=O)(=O)O)C1O)NC(=O)C(O)CCCCCCCCCCCCCCCCCCCCC. The highest BCUT2D eigenvalue weighted by atomic mass is 32.3. The van der Waals surface area contributed by atoms with Crippen LogP contribution in [0.5, 0.6) is 0 Å². The normalized spacial score (nSPS) is 21.1. The minimum atomic E-state index is -5.12. The average Bonchev–Trinajstić information content (AvgIpc) is 3.24. The number of hydrogen-bond donors (Lipinski definition) is 7. The van der Waals surface area contributed by atoms with Gasteiger partial charge in [-0.3, -0.25) is 9.35 Å². The molecule has 0 spiro atoms. The van der Waals surface area contributed by atoms with Crippen LogP contribution < -0.4 is 5.32 Å². The second-order valence-corrected chi connectivity index (χ2v) is 19.0. The van der Waals surface area contributed by atoms with E-state index >= 15 is 0 Å². The number of unbranched alkanes of at least 4 members (excludes halogenated alkanes) is 30. The number of hydrogen-bond acceptors (Lipinski definition) is 11. The quantitative estimate of drug-likeness (QED) is 0.0173. The Morgan fingerprint density at radius 3 is 1.45 bits per heavy atom. The minimum Gasteiger partial charge on any atom is -0.394 e. The van der Waals surface area contributed by atoms with Gasteiger partial charge in [-0.25, -0.2) is 4.18 Å². The number of carbonyl (C=O) groups excluding carboxylic acids is 1. The number of amides is 1. The van der Waals surface area contributed by atoms with Crippen molar-refractivity contribution in [1.82, 2.24) is 5.32 Å². The maximum absolute atomic E-state index is 13.1. The molecule has 0 aromatic heterocycles. The van der Waals surface area contributed by atoms with E-state index in [0.29, 0.717) is 12.8 Å². The highest BCUT2D eigenvalue weighted by Gasteiger charge is 2.48. The topological polar surface area (TPSA) is 212 Å². The summed E-state index contributed by atoms with van der Waals surface area (Å²) >= 11 is 0. The van der Waals surface area contributed by atoms with E-state index in [2.05, 4.69) is 23.3 Å². The van der Waals surface area contributed by atoms with E-state index in [1.165, 1.54) is 154 Å². The number of ether oxygens (including phenoxy) is 2. The van der Waals surface area contributed by atoms with Gasteiger partial charge in [-0.15, -0.1) is 0 Å². The summed E-state index contributed by atoms with van der Waals surface area (Å²) in [5, 5.41) is 55.3. The lowest BCUT2D eigenvalue weighted by atomic mass is 9.99. The van der Waals surface area contributed by atoms with Crippen LogP contribution in [0.25, 0.3) is 0 Å². The number of rotatable bonds is 43. The molecule has 0 aromatic rings. The molecule has 0 aromatic carbocycles. The van der Waals surface area contributed by atoms with Crippen molar-refractivity contribution in [3.8, 4) is 0 Å². The molecule has 0 bridgehead atoms. The molecule has 1 rings (SSSR count). The summed E-state index contributed by atoms with van der Waals surface area (Å²) in [5.74, 6) is -0.698. The Morgan fingerprint density at radius 2 is 1.05 bits per heavy atom. The van der Waals surface area contributed by atoms with Gasteiger partial charge in [-0.05, 0) is 19.3 Å². The van der Waals surface area contributed by atoms with Crippen molar-refractivity contribution in [3.63, 3.8) is 0 Å². The van der Waals surface area contributed by atoms with E-state index in [9.17, 15) is 43.3 Å². The van der Waals surface area contributed by atoms with Gasteiger partial charge in [-0.2, -0.15) is 8.42 Å². The maximum atomic E-state index is 13.1. The number of aliphatic hydroxyl groups excluding tert-OH is 5. The molecule has 62 heavy (non-hydrogen) atoms. The Bertz CT molecular complexity index is 1180. The lowest BCUT2D eigenvalue weighted by Gasteiger charge is -2.41. The molecule has 1 aliphatic heterocycles. The summed E-state index contributed by atoms with van der Waals surface area (Å²) in [4.78, 5) is 13.1. The van der Waals surface area contributed by atoms with Gasteiger partial charge in [0.05, 0.1) is 25.4 Å². The number of carbonyl (C=O) groups is 1. The molecule has 1 amide bonds. The Balaban J connectivity index is 2.50. The highest BCUT2D eigenvalue weighted by Crippen LogP contribution is 2.26. The summed E-state index contributed by atoms with van der Waals surface area (Å²) in [6, 6.07) is -1.11. The average molecular weight is 908 g/mol. The van der Waals surface area contributed by atoms with Crippen molar-refractivity contribution in [1.29, 1.82) is 0 Å². The standard InChI is InChI=1S/C48H93NO12S/c1-3-5-7-9-11-13-15-17-19-20-21-22-23-25-27-29-31-33-35-37-42(52)47(55)49-40(39-59-48-45(54)46(61-62(56,57)58)44(53)43(38-50)60-48)41(51)36-34-32-30-28-26-24-18-16-14-12-10-8-6-4-2/h34,36,40-46,48,50-54H,3-33,35,37-39H2,1-2H3,(H,49,55)(H,56,57,58)/b36-34+. The van der Waals surface area contributed by atoms with Gasteiger partial charge in [0.15, 0.2) is 6.29 Å². The van der Waals surface area contributed by atoms with E-state index in [1.807, 2.05) is 6.08 Å². The largest absolute Gasteiger partial charge is 0.397 e. The van der Waals surface area contributed by atoms with Crippen molar-refractivity contribution in [2.75, 3.05) is 13.2 Å². The van der Waals surface area contributed by atoms with Gasteiger partial charge < -0.3 is 40.3 Å². The van der Waals surface area contributed by atoms with Crippen LogP contribution in [-0.4, -0.2) is 107 Å². The molecule has 8 atom stereocenters. The van der Waals surface area contributed by atoms with E-state index in [4.69, 9.17) is 9.47 Å². The first-order valence-electron chi connectivity index (χ1n) is 25.2.